The lowest BCUT2D eigenvalue weighted by atomic mass is 10.2. The molecule has 0 radical (unpaired) electrons. The van der Waals surface area contributed by atoms with Crippen LogP contribution in [0, 0.1) is 28.7 Å². The highest BCUT2D eigenvalue weighted by Crippen LogP contribution is 2.24. The number of rotatable bonds is 3. The van der Waals surface area contributed by atoms with Crippen LogP contribution in [0.1, 0.15) is 15.9 Å². The van der Waals surface area contributed by atoms with Crippen molar-refractivity contribution in [2.75, 3.05) is 0 Å². The molecule has 0 saturated carbocycles. The highest BCUT2D eigenvalue weighted by Gasteiger charge is 2.20. The molecule has 0 heterocycles. The minimum atomic E-state index is -1.21. The van der Waals surface area contributed by atoms with Crippen LogP contribution in [0.25, 0.3) is 0 Å². The molecule has 2 aromatic carbocycles. The van der Waals surface area contributed by atoms with Crippen LogP contribution in [0.15, 0.2) is 36.4 Å². The van der Waals surface area contributed by atoms with E-state index < -0.39 is 28.1 Å². The monoisotopic (exact) mass is 293 g/mol. The molecule has 21 heavy (non-hydrogen) atoms. The van der Waals surface area contributed by atoms with Crippen LogP contribution in [0.5, 0.6) is 5.75 Å². The number of ether oxygens (including phenoxy) is 1. The molecule has 0 aliphatic rings. The number of nitrogens with zero attached hydrogens (tertiary/aromatic N) is 1. The summed E-state index contributed by atoms with van der Waals surface area (Å²) in [5.41, 5.74) is -0.695. The molecular weight excluding hydrogens is 284 g/mol. The fraction of sp³-hybridized carbons (Fsp3) is 0.0714. The van der Waals surface area contributed by atoms with Crippen molar-refractivity contribution >= 4 is 11.7 Å². The minimum Gasteiger partial charge on any atom is -0.423 e. The molecule has 0 fully saturated rings. The number of halogens is 2. The van der Waals surface area contributed by atoms with Crippen LogP contribution >= 0.6 is 0 Å². The summed E-state index contributed by atoms with van der Waals surface area (Å²) in [6, 6.07) is 6.56. The molecule has 0 spiro atoms. The second kappa shape index (κ2) is 5.66. The number of benzene rings is 2. The van der Waals surface area contributed by atoms with Crippen LogP contribution in [0.4, 0.5) is 14.5 Å². The van der Waals surface area contributed by atoms with Gasteiger partial charge in [0.05, 0.1) is 4.92 Å². The molecule has 0 bridgehead atoms. The zero-order valence-electron chi connectivity index (χ0n) is 10.8. The Labute approximate surface area is 117 Å². The third-order valence-corrected chi connectivity index (χ3v) is 2.74. The average Bonchev–Trinajstić information content (AvgIpc) is 2.37. The maximum atomic E-state index is 13.4. The highest BCUT2D eigenvalue weighted by atomic mass is 19.1. The first-order valence-corrected chi connectivity index (χ1v) is 5.81. The number of nitro groups is 1. The van der Waals surface area contributed by atoms with E-state index in [0.29, 0.717) is 0 Å². The Bertz CT molecular complexity index is 711. The van der Waals surface area contributed by atoms with E-state index in [1.165, 1.54) is 19.1 Å². The van der Waals surface area contributed by atoms with Crippen LogP contribution in [0.2, 0.25) is 0 Å². The van der Waals surface area contributed by atoms with Crippen molar-refractivity contribution in [1.82, 2.24) is 0 Å². The van der Waals surface area contributed by atoms with Gasteiger partial charge < -0.3 is 4.74 Å². The number of carbonyl (C=O) groups is 1. The Balaban J connectivity index is 2.28. The summed E-state index contributed by atoms with van der Waals surface area (Å²) in [5.74, 6) is -3.33. The molecule has 108 valence electrons. The first kappa shape index (κ1) is 14.6. The van der Waals surface area contributed by atoms with Crippen LogP contribution < -0.4 is 4.74 Å². The lowest BCUT2D eigenvalue weighted by Gasteiger charge is -2.07. The standard InChI is InChI=1S/C14H9F2NO4/c1-8-7-9(5-6-12(8)17(19)20)21-14(18)13-10(15)3-2-4-11(13)16/h2-7H,1H3. The third-order valence-electron chi connectivity index (χ3n) is 2.74. The summed E-state index contributed by atoms with van der Waals surface area (Å²) in [5, 5.41) is 10.7. The van der Waals surface area contributed by atoms with E-state index >= 15 is 0 Å². The largest absolute Gasteiger partial charge is 0.423 e. The molecule has 7 heteroatoms. The molecule has 0 amide bonds. The quantitative estimate of drug-likeness (QED) is 0.376. The van der Waals surface area contributed by atoms with Gasteiger partial charge >= 0.3 is 5.97 Å². The molecule has 0 atom stereocenters. The van der Waals surface area contributed by atoms with Gasteiger partial charge in [-0.1, -0.05) is 6.07 Å². The van der Waals surface area contributed by atoms with Gasteiger partial charge in [-0.3, -0.25) is 10.1 Å². The van der Waals surface area contributed by atoms with E-state index in [1.54, 1.807) is 0 Å². The molecule has 0 aromatic heterocycles. The van der Waals surface area contributed by atoms with Crippen molar-refractivity contribution in [1.29, 1.82) is 0 Å². The maximum Gasteiger partial charge on any atom is 0.349 e. The first-order valence-electron chi connectivity index (χ1n) is 5.81. The molecule has 0 aliphatic carbocycles. The molecule has 0 N–H and O–H groups in total. The van der Waals surface area contributed by atoms with Gasteiger partial charge in [0, 0.05) is 11.6 Å². The van der Waals surface area contributed by atoms with Crippen molar-refractivity contribution in [3.05, 3.63) is 69.3 Å². The minimum absolute atomic E-state index is 0.0363. The highest BCUT2D eigenvalue weighted by molar-refractivity contribution is 5.91. The average molecular weight is 293 g/mol. The zero-order valence-corrected chi connectivity index (χ0v) is 10.8. The Hall–Kier alpha value is -2.83. The second-order valence-electron chi connectivity index (χ2n) is 4.19. The molecule has 5 nitrogen and oxygen atoms in total. The van der Waals surface area contributed by atoms with Crippen molar-refractivity contribution in [3.63, 3.8) is 0 Å². The number of esters is 1. The van der Waals surface area contributed by atoms with E-state index in [4.69, 9.17) is 4.74 Å². The number of carbonyl (C=O) groups excluding carboxylic acids is 1. The third kappa shape index (κ3) is 3.02. The summed E-state index contributed by atoms with van der Waals surface area (Å²) in [6.07, 6.45) is 0. The topological polar surface area (TPSA) is 69.4 Å². The van der Waals surface area contributed by atoms with Gasteiger partial charge in [-0.2, -0.15) is 0 Å². The Morgan fingerprint density at radius 2 is 1.81 bits per heavy atom. The number of hydrogen-bond acceptors (Lipinski definition) is 4. The van der Waals surface area contributed by atoms with E-state index in [-0.39, 0.29) is 17.0 Å². The van der Waals surface area contributed by atoms with Crippen molar-refractivity contribution < 1.29 is 23.2 Å². The summed E-state index contributed by atoms with van der Waals surface area (Å²) >= 11 is 0. The summed E-state index contributed by atoms with van der Waals surface area (Å²) in [4.78, 5) is 21.8. The smallest absolute Gasteiger partial charge is 0.349 e. The fourth-order valence-electron chi connectivity index (χ4n) is 1.75. The predicted molar refractivity (Wildman–Crippen MR) is 69.1 cm³/mol. The summed E-state index contributed by atoms with van der Waals surface area (Å²) in [6.45, 7) is 1.46. The molecule has 0 unspecified atom stereocenters. The Morgan fingerprint density at radius 3 is 2.33 bits per heavy atom. The van der Waals surface area contributed by atoms with E-state index in [1.807, 2.05) is 0 Å². The van der Waals surface area contributed by atoms with Gasteiger partial charge in [0.1, 0.15) is 22.9 Å². The maximum absolute atomic E-state index is 13.4. The molecule has 2 aromatic rings. The number of aryl methyl sites for hydroxylation is 1. The second-order valence-corrected chi connectivity index (χ2v) is 4.19. The van der Waals surface area contributed by atoms with Gasteiger partial charge in [-0.05, 0) is 31.2 Å². The summed E-state index contributed by atoms with van der Waals surface area (Å²) < 4.78 is 31.7. The van der Waals surface area contributed by atoms with Gasteiger partial charge in [0.15, 0.2) is 0 Å². The van der Waals surface area contributed by atoms with Crippen molar-refractivity contribution in [2.24, 2.45) is 0 Å². The molecule has 0 aliphatic heterocycles. The van der Waals surface area contributed by atoms with Gasteiger partial charge in [0.25, 0.3) is 5.69 Å². The normalized spacial score (nSPS) is 10.2. The van der Waals surface area contributed by atoms with Gasteiger partial charge in [0.2, 0.25) is 0 Å². The van der Waals surface area contributed by atoms with Gasteiger partial charge in [-0.15, -0.1) is 0 Å². The SMILES string of the molecule is Cc1cc(OC(=O)c2c(F)cccc2F)ccc1[N+](=O)[O-]. The lowest BCUT2D eigenvalue weighted by molar-refractivity contribution is -0.385. The molecule has 2 rings (SSSR count). The number of hydrogen-bond donors (Lipinski definition) is 0. The van der Waals surface area contributed by atoms with E-state index in [0.717, 1.165) is 24.3 Å². The molecular formula is C14H9F2NO4. The van der Waals surface area contributed by atoms with Crippen LogP contribution in [-0.2, 0) is 0 Å². The number of nitro benzene ring substituents is 1. The Morgan fingerprint density at radius 1 is 1.19 bits per heavy atom. The van der Waals surface area contributed by atoms with Crippen LogP contribution in [0.3, 0.4) is 0 Å². The first-order chi connectivity index (χ1) is 9.90. The molecule has 0 saturated heterocycles. The Kier molecular flexibility index (Phi) is 3.93. The van der Waals surface area contributed by atoms with E-state index in [9.17, 15) is 23.7 Å². The summed E-state index contributed by atoms with van der Waals surface area (Å²) in [7, 11) is 0. The van der Waals surface area contributed by atoms with Crippen LogP contribution in [-0.4, -0.2) is 10.9 Å². The fourth-order valence-corrected chi connectivity index (χ4v) is 1.75. The predicted octanol–water partition coefficient (Wildman–Crippen LogP) is 3.40. The van der Waals surface area contributed by atoms with Gasteiger partial charge in [-0.25, -0.2) is 13.6 Å². The van der Waals surface area contributed by atoms with Crippen molar-refractivity contribution in [2.45, 2.75) is 6.92 Å². The lowest BCUT2D eigenvalue weighted by Crippen LogP contribution is -2.13. The van der Waals surface area contributed by atoms with Crippen molar-refractivity contribution in [3.8, 4) is 5.75 Å². The zero-order chi connectivity index (χ0) is 15.6. The van der Waals surface area contributed by atoms with E-state index in [2.05, 4.69) is 0 Å².